The number of amides is 3. The first-order valence-electron chi connectivity index (χ1n) is 13.2. The fraction of sp³-hybridized carbons (Fsp3) is 0.367. The van der Waals surface area contributed by atoms with Gasteiger partial charge in [-0.2, -0.15) is 0 Å². The normalized spacial score (nSPS) is 30.5. The molecule has 0 saturated carbocycles. The number of thioether (sulfide) groups is 1. The molecule has 6 rings (SSSR count). The van der Waals surface area contributed by atoms with E-state index in [-0.39, 0.29) is 29.6 Å². The zero-order chi connectivity index (χ0) is 27.3. The third kappa shape index (κ3) is 3.90. The zero-order valence-electron chi connectivity index (χ0n) is 21.8. The number of benzene rings is 2. The molecular formula is C30H31N3O5S. The van der Waals surface area contributed by atoms with E-state index in [1.54, 1.807) is 36.0 Å². The van der Waals surface area contributed by atoms with Crippen LogP contribution in [0.2, 0.25) is 0 Å². The van der Waals surface area contributed by atoms with E-state index in [0.29, 0.717) is 24.5 Å². The summed E-state index contributed by atoms with van der Waals surface area (Å²) < 4.78 is 4.34. The number of hydrogen-bond donors (Lipinski definition) is 1. The van der Waals surface area contributed by atoms with Crippen molar-refractivity contribution < 1.29 is 24.2 Å². The third-order valence-corrected chi connectivity index (χ3v) is 10.0. The molecule has 2 aromatic rings. The van der Waals surface area contributed by atoms with E-state index in [1.165, 1.54) is 16.7 Å². The van der Waals surface area contributed by atoms with Crippen LogP contribution in [0.3, 0.4) is 0 Å². The van der Waals surface area contributed by atoms with Crippen LogP contribution >= 0.6 is 11.8 Å². The summed E-state index contributed by atoms with van der Waals surface area (Å²) in [6.45, 7) is 2.22. The van der Waals surface area contributed by atoms with Crippen LogP contribution in [0.1, 0.15) is 6.92 Å². The van der Waals surface area contributed by atoms with Crippen molar-refractivity contribution in [1.82, 2.24) is 4.90 Å². The summed E-state index contributed by atoms with van der Waals surface area (Å²) in [6.07, 6.45) is 7.94. The Labute approximate surface area is 231 Å². The van der Waals surface area contributed by atoms with Crippen LogP contribution in [0.5, 0.6) is 5.75 Å². The molecule has 0 aliphatic carbocycles. The predicted molar refractivity (Wildman–Crippen MR) is 151 cm³/mol. The molecule has 4 aliphatic rings. The average Bonchev–Trinajstić information content (AvgIpc) is 3.29. The lowest BCUT2D eigenvalue weighted by atomic mass is 9.78. The number of rotatable bonds is 5. The number of para-hydroxylation sites is 1. The Bertz CT molecular complexity index is 1350. The summed E-state index contributed by atoms with van der Waals surface area (Å²) in [5.74, 6) is -1.28. The molecule has 9 heteroatoms. The van der Waals surface area contributed by atoms with Crippen LogP contribution in [0.15, 0.2) is 78.9 Å². The van der Waals surface area contributed by atoms with Crippen LogP contribution in [0, 0.1) is 11.8 Å². The van der Waals surface area contributed by atoms with Gasteiger partial charge in [0.2, 0.25) is 11.8 Å². The summed E-state index contributed by atoms with van der Waals surface area (Å²) in [5, 5.41) is 9.89. The summed E-state index contributed by atoms with van der Waals surface area (Å²) >= 11 is 1.53. The number of anilines is 2. The molecule has 202 valence electrons. The van der Waals surface area contributed by atoms with Gasteiger partial charge in [0.1, 0.15) is 11.8 Å². The lowest BCUT2D eigenvalue weighted by Crippen LogP contribution is -2.56. The minimum Gasteiger partial charge on any atom is -0.497 e. The maximum absolute atomic E-state index is 14.4. The Morgan fingerprint density at radius 1 is 0.949 bits per heavy atom. The molecule has 0 aromatic heterocycles. The molecule has 2 aromatic carbocycles. The summed E-state index contributed by atoms with van der Waals surface area (Å²) in [4.78, 5) is 47.8. The molecule has 2 saturated heterocycles. The van der Waals surface area contributed by atoms with Crippen molar-refractivity contribution in [2.24, 2.45) is 11.8 Å². The van der Waals surface area contributed by atoms with Gasteiger partial charge in [0.05, 0.1) is 36.3 Å². The molecule has 39 heavy (non-hydrogen) atoms. The molecule has 6 atom stereocenters. The first-order valence-corrected chi connectivity index (χ1v) is 14.1. The molecule has 4 heterocycles. The van der Waals surface area contributed by atoms with Crippen LogP contribution in [-0.4, -0.2) is 76.6 Å². The van der Waals surface area contributed by atoms with Crippen LogP contribution < -0.4 is 14.5 Å². The molecular weight excluding hydrogens is 514 g/mol. The van der Waals surface area contributed by atoms with Crippen LogP contribution in [0.4, 0.5) is 11.4 Å². The molecule has 2 fully saturated rings. The van der Waals surface area contributed by atoms with E-state index < -0.39 is 28.7 Å². The van der Waals surface area contributed by atoms with Crippen molar-refractivity contribution in [2.75, 3.05) is 36.6 Å². The van der Waals surface area contributed by atoms with Crippen molar-refractivity contribution in [3.05, 3.63) is 78.9 Å². The number of methoxy groups -OCH3 is 1. The Morgan fingerprint density at radius 2 is 1.62 bits per heavy atom. The Hall–Kier alpha value is -3.56. The van der Waals surface area contributed by atoms with Gasteiger partial charge in [0.15, 0.2) is 0 Å². The molecule has 1 N–H and O–H groups in total. The van der Waals surface area contributed by atoms with Crippen molar-refractivity contribution in [2.45, 2.75) is 29.0 Å². The number of fused-ring (bicyclic) bond motifs is 2. The lowest BCUT2D eigenvalue weighted by molar-refractivity contribution is -0.141. The fourth-order valence-corrected chi connectivity index (χ4v) is 8.47. The highest BCUT2D eigenvalue weighted by Crippen LogP contribution is 2.61. The van der Waals surface area contributed by atoms with Gasteiger partial charge in [-0.3, -0.25) is 14.4 Å². The summed E-state index contributed by atoms with van der Waals surface area (Å²) in [7, 11) is 1.59. The topological polar surface area (TPSA) is 90.4 Å². The highest BCUT2D eigenvalue weighted by molar-refractivity contribution is 8.02. The number of hydrogen-bond acceptors (Lipinski definition) is 6. The van der Waals surface area contributed by atoms with Gasteiger partial charge in [-0.1, -0.05) is 42.5 Å². The molecule has 4 aliphatic heterocycles. The predicted octanol–water partition coefficient (Wildman–Crippen LogP) is 2.88. The maximum Gasteiger partial charge on any atom is 0.251 e. The Morgan fingerprint density at radius 3 is 2.31 bits per heavy atom. The molecule has 1 spiro atoms. The highest BCUT2D eigenvalue weighted by atomic mass is 32.2. The van der Waals surface area contributed by atoms with Gasteiger partial charge in [0, 0.05) is 29.7 Å². The number of ether oxygens (including phenoxy) is 1. The SMILES string of the molecule is COc1ccc(N2CC=C[C@]34S[C@@H]5C=CCN(c6ccccc6)C(=O)[C@@H]5[C@H]3C(=O)N([C@H](C)CO)C4C2=O)cc1. The van der Waals surface area contributed by atoms with Crippen molar-refractivity contribution >= 4 is 40.9 Å². The van der Waals surface area contributed by atoms with Crippen LogP contribution in [-0.2, 0) is 14.4 Å². The first kappa shape index (κ1) is 25.7. The lowest BCUT2D eigenvalue weighted by Gasteiger charge is -2.37. The average molecular weight is 546 g/mol. The first-order chi connectivity index (χ1) is 18.9. The number of carbonyl (C=O) groups is 3. The second-order valence-corrected chi connectivity index (χ2v) is 11.9. The minimum absolute atomic E-state index is 0.117. The number of likely N-dealkylation sites (tertiary alicyclic amines) is 1. The van der Waals surface area contributed by atoms with Crippen molar-refractivity contribution in [3.8, 4) is 5.75 Å². The molecule has 0 bridgehead atoms. The zero-order valence-corrected chi connectivity index (χ0v) is 22.7. The Kier molecular flexibility index (Phi) is 6.51. The number of aliphatic hydroxyl groups is 1. The maximum atomic E-state index is 14.4. The summed E-state index contributed by atoms with van der Waals surface area (Å²) in [5.41, 5.74) is 1.47. The molecule has 3 amide bonds. The highest BCUT2D eigenvalue weighted by Gasteiger charge is 2.71. The van der Waals surface area contributed by atoms with E-state index in [0.717, 1.165) is 5.69 Å². The quantitative estimate of drug-likeness (QED) is 0.582. The summed E-state index contributed by atoms with van der Waals surface area (Å²) in [6, 6.07) is 15.3. The third-order valence-electron chi connectivity index (χ3n) is 8.29. The second-order valence-electron chi connectivity index (χ2n) is 10.4. The van der Waals surface area contributed by atoms with Gasteiger partial charge in [-0.15, -0.1) is 11.8 Å². The number of nitrogens with zero attached hydrogens (tertiary/aromatic N) is 3. The van der Waals surface area contributed by atoms with Gasteiger partial charge < -0.3 is 24.5 Å². The molecule has 0 radical (unpaired) electrons. The molecule has 8 nitrogen and oxygen atoms in total. The van der Waals surface area contributed by atoms with Crippen molar-refractivity contribution in [1.29, 1.82) is 0 Å². The van der Waals surface area contributed by atoms with E-state index in [9.17, 15) is 19.5 Å². The standard InChI is InChI=1S/C30H31N3O5S/c1-19(18-34)33-26-29(37)32(21-11-13-22(38-2)14-12-21)17-7-15-30(26)25(28(33)36)24-23(39-30)10-6-16-31(27(24)35)20-8-4-3-5-9-20/h3-15,19,23-26,34H,16-18H2,1-2H3/t19-,23-,24+,25+,26?,30+/m1/s1. The molecule has 1 unspecified atom stereocenters. The van der Waals surface area contributed by atoms with Crippen molar-refractivity contribution in [3.63, 3.8) is 0 Å². The smallest absolute Gasteiger partial charge is 0.251 e. The second kappa shape index (κ2) is 9.88. The van der Waals surface area contributed by atoms with E-state index in [2.05, 4.69) is 0 Å². The van der Waals surface area contributed by atoms with E-state index >= 15 is 0 Å². The number of aliphatic hydroxyl groups excluding tert-OH is 1. The van der Waals surface area contributed by atoms with E-state index in [1.807, 2.05) is 66.8 Å². The van der Waals surface area contributed by atoms with Crippen LogP contribution in [0.25, 0.3) is 0 Å². The van der Waals surface area contributed by atoms with Gasteiger partial charge in [-0.25, -0.2) is 0 Å². The number of carbonyl (C=O) groups excluding carboxylic acids is 3. The fourth-order valence-electron chi connectivity index (χ4n) is 6.47. The van der Waals surface area contributed by atoms with E-state index in [4.69, 9.17) is 4.74 Å². The minimum atomic E-state index is -0.937. The van der Waals surface area contributed by atoms with Gasteiger partial charge in [0.25, 0.3) is 5.91 Å². The van der Waals surface area contributed by atoms with Gasteiger partial charge >= 0.3 is 0 Å². The monoisotopic (exact) mass is 545 g/mol. The largest absolute Gasteiger partial charge is 0.497 e. The Balaban J connectivity index is 1.44. The van der Waals surface area contributed by atoms with Gasteiger partial charge in [-0.05, 0) is 43.3 Å².